The molecule has 11 nitrogen and oxygen atoms in total. The van der Waals surface area contributed by atoms with Crippen LogP contribution in [0, 0.1) is 11.8 Å². The van der Waals surface area contributed by atoms with Crippen molar-refractivity contribution >= 4 is 55.7 Å². The molecule has 1 amide bonds. The summed E-state index contributed by atoms with van der Waals surface area (Å²) in [5.41, 5.74) is 0.0699. The maximum absolute atomic E-state index is 17.1. The summed E-state index contributed by atoms with van der Waals surface area (Å²) in [5.74, 6) is -1.02. The number of aliphatic carboxylic acids is 1. The lowest BCUT2D eigenvalue weighted by Crippen LogP contribution is -2.50. The zero-order chi connectivity index (χ0) is 32.2. The van der Waals surface area contributed by atoms with Crippen molar-refractivity contribution in [1.29, 1.82) is 0 Å². The molecule has 3 aromatic heterocycles. The maximum Gasteiger partial charge on any atom is 0.326 e. The molecule has 2 fully saturated rings. The Balaban J connectivity index is 1.32. The fourth-order valence-corrected chi connectivity index (χ4v) is 7.27. The second-order valence-electron chi connectivity index (χ2n) is 12.6. The van der Waals surface area contributed by atoms with Gasteiger partial charge in [0.25, 0.3) is 0 Å². The second kappa shape index (κ2) is 12.1. The molecule has 4 aliphatic heterocycles. The van der Waals surface area contributed by atoms with Crippen LogP contribution in [0.3, 0.4) is 0 Å². The number of rotatable bonds is 1. The topological polar surface area (TPSA) is 131 Å². The quantitative estimate of drug-likeness (QED) is 0.281. The number of carboxylic acid groups (broad SMARTS) is 1. The van der Waals surface area contributed by atoms with Crippen LogP contribution in [-0.4, -0.2) is 81.8 Å². The van der Waals surface area contributed by atoms with Gasteiger partial charge in [-0.05, 0) is 40.5 Å². The molecule has 6 bridgehead atoms. The Hall–Kier alpha value is -3.84. The lowest BCUT2D eigenvalue weighted by Gasteiger charge is -2.42. The van der Waals surface area contributed by atoms with Crippen LogP contribution in [0.15, 0.2) is 45.4 Å². The molecule has 0 spiro atoms. The van der Waals surface area contributed by atoms with E-state index in [0.717, 1.165) is 5.39 Å². The number of piperidine rings is 1. The van der Waals surface area contributed by atoms with Gasteiger partial charge in [-0.25, -0.2) is 24.1 Å². The molecule has 46 heavy (non-hydrogen) atoms. The lowest BCUT2D eigenvalue weighted by atomic mass is 9.78. The van der Waals surface area contributed by atoms with Crippen molar-refractivity contribution < 1.29 is 33.0 Å². The minimum absolute atomic E-state index is 0.0665. The average Bonchev–Trinajstić information content (AvgIpc) is 3.64. The molecule has 4 aromatic rings. The van der Waals surface area contributed by atoms with Crippen molar-refractivity contribution in [1.82, 2.24) is 19.9 Å². The van der Waals surface area contributed by atoms with Crippen LogP contribution in [0.1, 0.15) is 44.5 Å². The third-order valence-corrected chi connectivity index (χ3v) is 9.86. The van der Waals surface area contributed by atoms with Gasteiger partial charge in [-0.2, -0.15) is 0 Å². The first-order chi connectivity index (χ1) is 22.1. The molecule has 1 aromatic carbocycles. The molecule has 7 heterocycles. The van der Waals surface area contributed by atoms with Crippen LogP contribution in [0.4, 0.5) is 10.2 Å². The number of carbonyl (C=O) groups is 2. The summed E-state index contributed by atoms with van der Waals surface area (Å²) in [6.07, 6.45) is 2.18. The minimum Gasteiger partial charge on any atom is -0.480 e. The number of benzene rings is 1. The molecule has 1 N–H and O–H groups in total. The van der Waals surface area contributed by atoms with E-state index in [4.69, 9.17) is 23.9 Å². The molecule has 8 rings (SSSR count). The Labute approximate surface area is 273 Å². The summed E-state index contributed by atoms with van der Waals surface area (Å²) in [6, 6.07) is 8.21. The van der Waals surface area contributed by atoms with Crippen LogP contribution >= 0.6 is 15.9 Å². The van der Waals surface area contributed by atoms with Gasteiger partial charge in [0, 0.05) is 60.9 Å². The number of hydrogen-bond donors (Lipinski definition) is 1. The summed E-state index contributed by atoms with van der Waals surface area (Å²) < 4.78 is 36.2. The van der Waals surface area contributed by atoms with Crippen molar-refractivity contribution in [2.45, 2.75) is 57.3 Å². The van der Waals surface area contributed by atoms with Gasteiger partial charge in [-0.1, -0.05) is 26.0 Å². The first-order valence-corrected chi connectivity index (χ1v) is 16.5. The molecule has 242 valence electrons. The fourth-order valence-electron chi connectivity index (χ4n) is 6.94. The number of pyridine rings is 1. The third-order valence-electron chi connectivity index (χ3n) is 9.42. The van der Waals surface area contributed by atoms with Crippen LogP contribution < -0.4 is 9.64 Å². The van der Waals surface area contributed by atoms with E-state index in [9.17, 15) is 14.7 Å². The predicted octanol–water partition coefficient (Wildman–Crippen LogP) is 5.28. The number of alkyl halides is 1. The summed E-state index contributed by atoms with van der Waals surface area (Å²) in [6.45, 7) is 4.90. The van der Waals surface area contributed by atoms with Crippen molar-refractivity contribution in [3.05, 3.63) is 52.4 Å². The number of nitrogens with zero attached hydrogens (tertiary/aromatic N) is 5. The summed E-state index contributed by atoms with van der Waals surface area (Å²) in [5, 5.41) is 11.2. The van der Waals surface area contributed by atoms with Gasteiger partial charge in [-0.3, -0.25) is 4.79 Å². The van der Waals surface area contributed by atoms with Crippen LogP contribution in [0.5, 0.6) is 5.88 Å². The number of anilines is 1. The van der Waals surface area contributed by atoms with E-state index in [1.807, 2.05) is 31.2 Å². The van der Waals surface area contributed by atoms with Gasteiger partial charge in [-0.15, -0.1) is 0 Å². The van der Waals surface area contributed by atoms with Crippen LogP contribution in [0.25, 0.3) is 22.1 Å². The lowest BCUT2D eigenvalue weighted by molar-refractivity contribution is -0.142. The van der Waals surface area contributed by atoms with Gasteiger partial charge in [0.1, 0.15) is 34.7 Å². The molecule has 5 atom stereocenters. The number of aromatic nitrogens is 3. The maximum atomic E-state index is 17.1. The second-order valence-corrected chi connectivity index (χ2v) is 13.5. The molecular weight excluding hydrogens is 661 g/mol. The number of aryl methyl sites for hydroxylation is 1. The number of furan rings is 1. The van der Waals surface area contributed by atoms with E-state index < -0.39 is 29.7 Å². The highest BCUT2D eigenvalue weighted by molar-refractivity contribution is 9.10. The van der Waals surface area contributed by atoms with Crippen molar-refractivity contribution in [3.8, 4) is 5.88 Å². The predicted molar refractivity (Wildman–Crippen MR) is 171 cm³/mol. The highest BCUT2D eigenvalue weighted by atomic mass is 79.9. The van der Waals surface area contributed by atoms with E-state index in [0.29, 0.717) is 52.2 Å². The zero-order valence-corrected chi connectivity index (χ0v) is 27.2. The highest BCUT2D eigenvalue weighted by Gasteiger charge is 2.47. The Morgan fingerprint density at radius 3 is 2.83 bits per heavy atom. The van der Waals surface area contributed by atoms with Gasteiger partial charge in [0.15, 0.2) is 11.4 Å². The molecule has 0 radical (unpaired) electrons. The molecule has 13 heteroatoms. The van der Waals surface area contributed by atoms with Crippen molar-refractivity contribution in [2.24, 2.45) is 11.8 Å². The summed E-state index contributed by atoms with van der Waals surface area (Å²) in [4.78, 5) is 43.5. The molecule has 4 aliphatic rings. The molecule has 0 unspecified atom stereocenters. The van der Waals surface area contributed by atoms with Crippen LogP contribution in [-0.2, 0) is 26.4 Å². The number of hydrogen-bond acceptors (Lipinski definition) is 9. The first-order valence-electron chi connectivity index (χ1n) is 15.7. The SMILES string of the molecule is C[C@@H]1COCCCc2nc(c3oc4ccccc4c3n2)N2C[C@H](C[C@H]2C(=O)O)Oc2ncc(Br)cc2[C@@]2(F)CCN(C[C@@H]2C)C1=O. The number of carboxylic acids is 1. The number of amides is 1. The van der Waals surface area contributed by atoms with E-state index in [1.165, 1.54) is 0 Å². The zero-order valence-electron chi connectivity index (χ0n) is 25.6. The van der Waals surface area contributed by atoms with Gasteiger partial charge in [0.2, 0.25) is 11.8 Å². The van der Waals surface area contributed by atoms with Crippen LogP contribution in [0.2, 0.25) is 0 Å². The Kier molecular flexibility index (Phi) is 8.08. The Bertz CT molecular complexity index is 1820. The molecule has 0 aliphatic carbocycles. The van der Waals surface area contributed by atoms with E-state index in [-0.39, 0.29) is 62.4 Å². The number of carbonyl (C=O) groups excluding carboxylic acids is 1. The van der Waals surface area contributed by atoms with Gasteiger partial charge < -0.3 is 28.8 Å². The standard InChI is InChI=1S/C33H35BrFN5O6/c1-18-17-44-11-5-8-26-37-27-22-6-3-4-7-25(22)46-28(27)29(38-26)40-16-21(13-24(40)32(42)43)45-30-23(12-20(34)14-36-30)33(35)9-10-39(31(18)41)15-19(33)2/h3-4,6-7,12,14,18-19,21,24H,5,8-11,13,15-17H2,1-2H3,(H,42,43)/t18-,19+,21+,24+,33-/m1/s1. The smallest absolute Gasteiger partial charge is 0.326 e. The van der Waals surface area contributed by atoms with E-state index in [2.05, 4.69) is 20.9 Å². The van der Waals surface area contributed by atoms with Gasteiger partial charge in [0.05, 0.1) is 24.6 Å². The fraction of sp³-hybridized carbons (Fsp3) is 0.485. The van der Waals surface area contributed by atoms with Gasteiger partial charge >= 0.3 is 5.97 Å². The number of fused-ring (bicyclic) bond motifs is 11. The largest absolute Gasteiger partial charge is 0.480 e. The van der Waals surface area contributed by atoms with E-state index >= 15 is 4.39 Å². The summed E-state index contributed by atoms with van der Waals surface area (Å²) >= 11 is 3.44. The Morgan fingerprint density at radius 1 is 1.20 bits per heavy atom. The normalized spacial score (nSPS) is 27.5. The molecular formula is C33H35BrFN5O6. The van der Waals surface area contributed by atoms with Crippen molar-refractivity contribution in [3.63, 3.8) is 0 Å². The highest BCUT2D eigenvalue weighted by Crippen LogP contribution is 2.46. The summed E-state index contributed by atoms with van der Waals surface area (Å²) in [7, 11) is 0. The molecule has 0 saturated carbocycles. The monoisotopic (exact) mass is 695 g/mol. The number of ether oxygens (including phenoxy) is 2. The first kappa shape index (κ1) is 30.8. The Morgan fingerprint density at radius 2 is 2.02 bits per heavy atom. The van der Waals surface area contributed by atoms with Crippen molar-refractivity contribution in [2.75, 3.05) is 37.7 Å². The minimum atomic E-state index is -1.82. The average molecular weight is 697 g/mol. The van der Waals surface area contributed by atoms with E-state index in [1.54, 1.807) is 29.0 Å². The molecule has 2 saturated heterocycles. The third kappa shape index (κ3) is 5.46. The number of halogens is 2. The number of para-hydroxylation sites is 1.